The van der Waals surface area contributed by atoms with Crippen molar-refractivity contribution in [2.75, 3.05) is 20.3 Å². The molecular formula is C13H25NO4. The molecule has 0 rings (SSSR count). The predicted molar refractivity (Wildman–Crippen MR) is 69.3 cm³/mol. The van der Waals surface area contributed by atoms with E-state index in [0.717, 1.165) is 25.7 Å². The Morgan fingerprint density at radius 1 is 1.06 bits per heavy atom. The third-order valence-electron chi connectivity index (χ3n) is 2.68. The number of carbonyl (C=O) groups is 2. The van der Waals surface area contributed by atoms with Crippen LogP contribution in [-0.4, -0.2) is 43.3 Å². The molecule has 0 aromatic carbocycles. The highest BCUT2D eigenvalue weighted by atomic mass is 16.6. The SMILES string of the molecule is CCCCOC(=O)C(C)N(C)C(=O)OCCCC. The van der Waals surface area contributed by atoms with Gasteiger partial charge in [-0.15, -0.1) is 0 Å². The fraction of sp³-hybridized carbons (Fsp3) is 0.846. The highest BCUT2D eigenvalue weighted by Crippen LogP contribution is 2.03. The number of ether oxygens (including phenoxy) is 2. The van der Waals surface area contributed by atoms with Gasteiger partial charge in [0.15, 0.2) is 0 Å². The maximum atomic E-state index is 11.6. The molecule has 0 radical (unpaired) electrons. The lowest BCUT2D eigenvalue weighted by atomic mass is 10.3. The van der Waals surface area contributed by atoms with E-state index in [9.17, 15) is 9.59 Å². The van der Waals surface area contributed by atoms with Gasteiger partial charge in [0.25, 0.3) is 0 Å². The second kappa shape index (κ2) is 9.74. The number of esters is 1. The maximum Gasteiger partial charge on any atom is 0.410 e. The van der Waals surface area contributed by atoms with Gasteiger partial charge in [-0.05, 0) is 19.8 Å². The van der Waals surface area contributed by atoms with E-state index in [1.165, 1.54) is 4.90 Å². The molecule has 5 nitrogen and oxygen atoms in total. The molecule has 18 heavy (non-hydrogen) atoms. The lowest BCUT2D eigenvalue weighted by Crippen LogP contribution is -2.41. The average molecular weight is 259 g/mol. The molecule has 0 aromatic heterocycles. The molecule has 0 saturated carbocycles. The second-order valence-corrected chi connectivity index (χ2v) is 4.28. The van der Waals surface area contributed by atoms with E-state index in [1.807, 2.05) is 13.8 Å². The van der Waals surface area contributed by atoms with Crippen molar-refractivity contribution in [3.8, 4) is 0 Å². The van der Waals surface area contributed by atoms with E-state index in [0.29, 0.717) is 13.2 Å². The first-order chi connectivity index (χ1) is 8.54. The summed E-state index contributed by atoms with van der Waals surface area (Å²) in [6, 6.07) is -0.615. The van der Waals surface area contributed by atoms with E-state index in [1.54, 1.807) is 14.0 Å². The topological polar surface area (TPSA) is 55.8 Å². The normalized spacial score (nSPS) is 11.8. The first kappa shape index (κ1) is 16.7. The molecule has 0 spiro atoms. The predicted octanol–water partition coefficient (Wildman–Crippen LogP) is 2.59. The molecule has 1 amide bonds. The lowest BCUT2D eigenvalue weighted by molar-refractivity contribution is -0.148. The molecule has 0 fully saturated rings. The Morgan fingerprint density at radius 3 is 2.06 bits per heavy atom. The summed E-state index contributed by atoms with van der Waals surface area (Å²) < 4.78 is 10.1. The first-order valence-corrected chi connectivity index (χ1v) is 6.60. The van der Waals surface area contributed by atoms with Crippen molar-refractivity contribution in [2.24, 2.45) is 0 Å². The molecule has 0 N–H and O–H groups in total. The Morgan fingerprint density at radius 2 is 1.56 bits per heavy atom. The zero-order valence-electron chi connectivity index (χ0n) is 11.9. The Labute approximate surface area is 109 Å². The minimum atomic E-state index is -0.615. The van der Waals surface area contributed by atoms with Crippen molar-refractivity contribution in [1.29, 1.82) is 0 Å². The fourth-order valence-corrected chi connectivity index (χ4v) is 1.16. The van der Waals surface area contributed by atoms with Crippen LogP contribution in [0, 0.1) is 0 Å². The third-order valence-corrected chi connectivity index (χ3v) is 2.68. The van der Waals surface area contributed by atoms with Crippen molar-refractivity contribution >= 4 is 12.1 Å². The van der Waals surface area contributed by atoms with Gasteiger partial charge < -0.3 is 9.47 Å². The monoisotopic (exact) mass is 259 g/mol. The van der Waals surface area contributed by atoms with Crippen LogP contribution in [-0.2, 0) is 14.3 Å². The summed E-state index contributed by atoms with van der Waals surface area (Å²) in [7, 11) is 1.54. The Balaban J connectivity index is 4.02. The number of unbranched alkanes of at least 4 members (excludes halogenated alkanes) is 2. The summed E-state index contributed by atoms with van der Waals surface area (Å²) >= 11 is 0. The average Bonchev–Trinajstić information content (AvgIpc) is 2.37. The van der Waals surface area contributed by atoms with Gasteiger partial charge in [0.1, 0.15) is 6.04 Å². The molecule has 106 valence electrons. The molecular weight excluding hydrogens is 234 g/mol. The number of carbonyl (C=O) groups excluding carboxylic acids is 2. The van der Waals surface area contributed by atoms with Gasteiger partial charge in [-0.3, -0.25) is 4.90 Å². The molecule has 0 aliphatic heterocycles. The van der Waals surface area contributed by atoms with E-state index < -0.39 is 18.1 Å². The molecule has 0 aromatic rings. The molecule has 0 heterocycles. The van der Waals surface area contributed by atoms with Crippen molar-refractivity contribution < 1.29 is 19.1 Å². The van der Waals surface area contributed by atoms with Gasteiger partial charge in [0, 0.05) is 7.05 Å². The van der Waals surface area contributed by atoms with Gasteiger partial charge in [-0.2, -0.15) is 0 Å². The van der Waals surface area contributed by atoms with Crippen LogP contribution in [0.2, 0.25) is 0 Å². The smallest absolute Gasteiger partial charge is 0.410 e. The summed E-state index contributed by atoms with van der Waals surface area (Å²) in [6.07, 6.45) is 3.11. The van der Waals surface area contributed by atoms with Crippen LogP contribution in [0.4, 0.5) is 4.79 Å². The summed E-state index contributed by atoms with van der Waals surface area (Å²) in [5.74, 6) is -0.390. The third kappa shape index (κ3) is 6.47. The largest absolute Gasteiger partial charge is 0.464 e. The Kier molecular flexibility index (Phi) is 9.06. The molecule has 5 heteroatoms. The van der Waals surface area contributed by atoms with Crippen molar-refractivity contribution in [1.82, 2.24) is 4.90 Å². The highest BCUT2D eigenvalue weighted by Gasteiger charge is 2.24. The number of nitrogens with zero attached hydrogens (tertiary/aromatic N) is 1. The van der Waals surface area contributed by atoms with Gasteiger partial charge >= 0.3 is 12.1 Å². The van der Waals surface area contributed by atoms with Gasteiger partial charge in [0.05, 0.1) is 13.2 Å². The van der Waals surface area contributed by atoms with Gasteiger partial charge in [-0.1, -0.05) is 26.7 Å². The number of hydrogen-bond acceptors (Lipinski definition) is 4. The number of rotatable bonds is 8. The van der Waals surface area contributed by atoms with Crippen LogP contribution < -0.4 is 0 Å². The maximum absolute atomic E-state index is 11.6. The lowest BCUT2D eigenvalue weighted by Gasteiger charge is -2.22. The van der Waals surface area contributed by atoms with Crippen molar-refractivity contribution in [2.45, 2.75) is 52.5 Å². The minimum Gasteiger partial charge on any atom is -0.464 e. The number of hydrogen-bond donors (Lipinski definition) is 0. The van der Waals surface area contributed by atoms with Crippen LogP contribution in [0.1, 0.15) is 46.5 Å². The quantitative estimate of drug-likeness (QED) is 0.496. The Hall–Kier alpha value is -1.26. The number of amides is 1. The standard InChI is InChI=1S/C13H25NO4/c1-5-7-9-17-12(15)11(3)14(4)13(16)18-10-8-6-2/h11H,5-10H2,1-4H3. The number of likely N-dealkylation sites (N-methyl/N-ethyl adjacent to an activating group) is 1. The Bertz CT molecular complexity index is 229. The van der Waals surface area contributed by atoms with Crippen LogP contribution in [0.5, 0.6) is 0 Å². The van der Waals surface area contributed by atoms with Crippen molar-refractivity contribution in [3.05, 3.63) is 0 Å². The van der Waals surface area contributed by atoms with E-state index in [4.69, 9.17) is 9.47 Å². The van der Waals surface area contributed by atoms with Crippen molar-refractivity contribution in [3.63, 3.8) is 0 Å². The van der Waals surface area contributed by atoms with Gasteiger partial charge in [0.2, 0.25) is 0 Å². The van der Waals surface area contributed by atoms with Crippen LogP contribution in [0.3, 0.4) is 0 Å². The van der Waals surface area contributed by atoms with Crippen LogP contribution in [0.15, 0.2) is 0 Å². The summed E-state index contributed by atoms with van der Waals surface area (Å²) in [6.45, 7) is 6.46. The summed E-state index contributed by atoms with van der Waals surface area (Å²) in [5.41, 5.74) is 0. The summed E-state index contributed by atoms with van der Waals surface area (Å²) in [4.78, 5) is 24.5. The highest BCUT2D eigenvalue weighted by molar-refractivity contribution is 5.80. The minimum absolute atomic E-state index is 0.386. The van der Waals surface area contributed by atoms with Gasteiger partial charge in [-0.25, -0.2) is 9.59 Å². The molecule has 1 atom stereocenters. The molecule has 0 bridgehead atoms. The van der Waals surface area contributed by atoms with E-state index in [-0.39, 0.29) is 0 Å². The fourth-order valence-electron chi connectivity index (χ4n) is 1.16. The zero-order chi connectivity index (χ0) is 14.0. The molecule has 0 saturated heterocycles. The van der Waals surface area contributed by atoms with E-state index in [2.05, 4.69) is 0 Å². The van der Waals surface area contributed by atoms with Crippen LogP contribution in [0.25, 0.3) is 0 Å². The summed E-state index contributed by atoms with van der Waals surface area (Å²) in [5, 5.41) is 0. The first-order valence-electron chi connectivity index (χ1n) is 6.60. The molecule has 0 aliphatic carbocycles. The molecule has 1 unspecified atom stereocenters. The van der Waals surface area contributed by atoms with E-state index >= 15 is 0 Å². The second-order valence-electron chi connectivity index (χ2n) is 4.28. The zero-order valence-corrected chi connectivity index (χ0v) is 11.9. The van der Waals surface area contributed by atoms with Crippen LogP contribution >= 0.6 is 0 Å². The molecule has 0 aliphatic rings.